The molecule has 0 unspecified atom stereocenters. The van der Waals surface area contributed by atoms with E-state index in [0.717, 1.165) is 37.2 Å². The lowest BCUT2D eigenvalue weighted by atomic mass is 9.98. The van der Waals surface area contributed by atoms with Crippen molar-refractivity contribution < 1.29 is 14.7 Å². The van der Waals surface area contributed by atoms with E-state index in [9.17, 15) is 4.79 Å². The predicted molar refractivity (Wildman–Crippen MR) is 95.7 cm³/mol. The topological polar surface area (TPSA) is 62.1 Å². The van der Waals surface area contributed by atoms with E-state index in [-0.39, 0.29) is 18.3 Å². The fourth-order valence-electron chi connectivity index (χ4n) is 3.07. The van der Waals surface area contributed by atoms with Gasteiger partial charge < -0.3 is 9.94 Å². The third-order valence-corrected chi connectivity index (χ3v) is 4.55. The molecule has 3 rings (SSSR count). The molecule has 1 saturated carbocycles. The molecule has 1 aliphatic heterocycles. The van der Waals surface area contributed by atoms with Gasteiger partial charge in [0.15, 0.2) is 0 Å². The minimum Gasteiger partial charge on any atom is -0.481 e. The molecule has 1 aromatic rings. The number of halogens is 1. The molecule has 1 atom stereocenters. The highest BCUT2D eigenvalue weighted by Gasteiger charge is 2.29. The van der Waals surface area contributed by atoms with Crippen molar-refractivity contribution in [3.8, 4) is 0 Å². The van der Waals surface area contributed by atoms with E-state index < -0.39 is 5.97 Å². The molecular weight excluding hydrogens is 328 g/mol. The lowest BCUT2D eigenvalue weighted by molar-refractivity contribution is -0.143. The highest BCUT2D eigenvalue weighted by Crippen LogP contribution is 2.33. The summed E-state index contributed by atoms with van der Waals surface area (Å²) in [4.78, 5) is 18.8. The second kappa shape index (κ2) is 9.04. The Hall–Kier alpha value is -1.59. The number of benzene rings is 1. The first kappa shape index (κ1) is 18.7. The average Bonchev–Trinajstić information content (AvgIpc) is 3.41. The first-order valence-electron chi connectivity index (χ1n) is 8.44. The van der Waals surface area contributed by atoms with E-state index in [2.05, 4.69) is 22.2 Å². The fourth-order valence-corrected chi connectivity index (χ4v) is 3.07. The van der Waals surface area contributed by atoms with Crippen molar-refractivity contribution in [2.75, 3.05) is 26.2 Å². The Labute approximate surface area is 149 Å². The number of rotatable bonds is 7. The molecule has 2 fully saturated rings. The van der Waals surface area contributed by atoms with Gasteiger partial charge in [-0.05, 0) is 37.8 Å². The Morgan fingerprint density at radius 2 is 1.96 bits per heavy atom. The predicted octanol–water partition coefficient (Wildman–Crippen LogP) is 3.04. The van der Waals surface area contributed by atoms with Gasteiger partial charge >= 0.3 is 5.97 Å². The Balaban J connectivity index is 0.00000208. The standard InChI is InChI=1S/C18H24N2O3.ClH/c21-18(22)16-7-4-10-20(13-16)11-12-23-19-17(15-8-9-15)14-5-2-1-3-6-14;/h1-3,5-6,15-16H,4,7-13H2,(H,21,22);1H/b19-17-;/t16-;/m1./s1. The molecule has 0 amide bonds. The summed E-state index contributed by atoms with van der Waals surface area (Å²) >= 11 is 0. The van der Waals surface area contributed by atoms with Gasteiger partial charge in [-0.3, -0.25) is 9.69 Å². The van der Waals surface area contributed by atoms with Crippen molar-refractivity contribution in [3.63, 3.8) is 0 Å². The quantitative estimate of drug-likeness (QED) is 0.465. The van der Waals surface area contributed by atoms with Crippen LogP contribution in [0.15, 0.2) is 35.5 Å². The summed E-state index contributed by atoms with van der Waals surface area (Å²) < 4.78 is 0. The Morgan fingerprint density at radius 3 is 2.62 bits per heavy atom. The van der Waals surface area contributed by atoms with Gasteiger partial charge in [-0.15, -0.1) is 12.4 Å². The Kier molecular flexibility index (Phi) is 7.06. The minimum atomic E-state index is -0.686. The molecule has 132 valence electrons. The number of piperidine rings is 1. The van der Waals surface area contributed by atoms with Crippen LogP contribution >= 0.6 is 12.4 Å². The van der Waals surface area contributed by atoms with Crippen molar-refractivity contribution in [3.05, 3.63) is 35.9 Å². The summed E-state index contributed by atoms with van der Waals surface area (Å²) in [5, 5.41) is 13.5. The number of oxime groups is 1. The van der Waals surface area contributed by atoms with Gasteiger partial charge in [0.25, 0.3) is 0 Å². The van der Waals surface area contributed by atoms with Crippen LogP contribution in [0.5, 0.6) is 0 Å². The Bertz CT molecular complexity index is 561. The summed E-state index contributed by atoms with van der Waals surface area (Å²) in [6.07, 6.45) is 4.09. The summed E-state index contributed by atoms with van der Waals surface area (Å²) in [6, 6.07) is 10.2. The monoisotopic (exact) mass is 352 g/mol. The number of likely N-dealkylation sites (tertiary alicyclic amines) is 1. The van der Waals surface area contributed by atoms with Gasteiger partial charge in [0.2, 0.25) is 0 Å². The van der Waals surface area contributed by atoms with Crippen LogP contribution in [0.2, 0.25) is 0 Å². The number of hydrogen-bond acceptors (Lipinski definition) is 4. The molecule has 0 spiro atoms. The minimum absolute atomic E-state index is 0. The summed E-state index contributed by atoms with van der Waals surface area (Å²) in [5.74, 6) is -0.392. The average molecular weight is 353 g/mol. The smallest absolute Gasteiger partial charge is 0.307 e. The van der Waals surface area contributed by atoms with E-state index in [1.54, 1.807) is 0 Å². The molecule has 6 heteroatoms. The van der Waals surface area contributed by atoms with Crippen LogP contribution in [0, 0.1) is 11.8 Å². The lowest BCUT2D eigenvalue weighted by Gasteiger charge is -2.29. The van der Waals surface area contributed by atoms with Crippen molar-refractivity contribution in [2.45, 2.75) is 25.7 Å². The number of carboxylic acid groups (broad SMARTS) is 1. The van der Waals surface area contributed by atoms with E-state index in [4.69, 9.17) is 9.94 Å². The van der Waals surface area contributed by atoms with Crippen LogP contribution in [-0.4, -0.2) is 47.9 Å². The number of hydrogen-bond donors (Lipinski definition) is 1. The third-order valence-electron chi connectivity index (χ3n) is 4.55. The summed E-state index contributed by atoms with van der Waals surface area (Å²) in [7, 11) is 0. The maximum absolute atomic E-state index is 11.1. The van der Waals surface area contributed by atoms with Gasteiger partial charge in [-0.2, -0.15) is 0 Å². The number of carbonyl (C=O) groups is 1. The largest absolute Gasteiger partial charge is 0.481 e. The van der Waals surface area contributed by atoms with Crippen LogP contribution in [0.3, 0.4) is 0 Å². The van der Waals surface area contributed by atoms with Gasteiger partial charge in [-0.1, -0.05) is 35.5 Å². The highest BCUT2D eigenvalue weighted by atomic mass is 35.5. The maximum Gasteiger partial charge on any atom is 0.307 e. The van der Waals surface area contributed by atoms with Crippen molar-refractivity contribution in [1.29, 1.82) is 0 Å². The number of aliphatic carboxylic acids is 1. The van der Waals surface area contributed by atoms with Crippen LogP contribution in [0.1, 0.15) is 31.2 Å². The van der Waals surface area contributed by atoms with Gasteiger partial charge in [-0.25, -0.2) is 0 Å². The van der Waals surface area contributed by atoms with Crippen molar-refractivity contribution in [1.82, 2.24) is 4.90 Å². The zero-order valence-electron chi connectivity index (χ0n) is 13.8. The first-order chi connectivity index (χ1) is 11.2. The normalized spacial score (nSPS) is 21.8. The van der Waals surface area contributed by atoms with E-state index in [1.807, 2.05) is 18.2 Å². The number of carboxylic acids is 1. The van der Waals surface area contributed by atoms with Crippen LogP contribution in [0.25, 0.3) is 0 Å². The second-order valence-corrected chi connectivity index (χ2v) is 6.43. The molecule has 0 bridgehead atoms. The van der Waals surface area contributed by atoms with Gasteiger partial charge in [0.05, 0.1) is 11.6 Å². The molecule has 1 heterocycles. The number of nitrogens with zero attached hydrogens (tertiary/aromatic N) is 2. The first-order valence-corrected chi connectivity index (χ1v) is 8.44. The molecule has 0 radical (unpaired) electrons. The van der Waals surface area contributed by atoms with Gasteiger partial charge in [0.1, 0.15) is 6.61 Å². The van der Waals surface area contributed by atoms with Crippen LogP contribution in [-0.2, 0) is 9.63 Å². The highest BCUT2D eigenvalue weighted by molar-refractivity contribution is 6.03. The molecule has 5 nitrogen and oxygen atoms in total. The summed E-state index contributed by atoms with van der Waals surface area (Å²) in [6.45, 7) is 2.82. The fraction of sp³-hybridized carbons (Fsp3) is 0.556. The zero-order chi connectivity index (χ0) is 16.1. The molecule has 2 aliphatic rings. The Morgan fingerprint density at radius 1 is 1.21 bits per heavy atom. The van der Waals surface area contributed by atoms with Gasteiger partial charge in [0, 0.05) is 19.0 Å². The zero-order valence-corrected chi connectivity index (χ0v) is 14.6. The molecule has 1 saturated heterocycles. The SMILES string of the molecule is Cl.O=C(O)[C@@H]1CCCN(CCO/N=C(/c2ccccc2)C2CC2)C1. The molecule has 1 aliphatic carbocycles. The lowest BCUT2D eigenvalue weighted by Crippen LogP contribution is -2.40. The molecule has 1 N–H and O–H groups in total. The second-order valence-electron chi connectivity index (χ2n) is 6.43. The summed E-state index contributed by atoms with van der Waals surface area (Å²) in [5.41, 5.74) is 2.19. The molecule has 24 heavy (non-hydrogen) atoms. The van der Waals surface area contributed by atoms with Crippen molar-refractivity contribution >= 4 is 24.1 Å². The molecule has 0 aromatic heterocycles. The van der Waals surface area contributed by atoms with Crippen LogP contribution < -0.4 is 0 Å². The van der Waals surface area contributed by atoms with E-state index in [0.29, 0.717) is 19.1 Å². The molecular formula is C18H25ClN2O3. The third kappa shape index (κ3) is 5.21. The van der Waals surface area contributed by atoms with E-state index >= 15 is 0 Å². The van der Waals surface area contributed by atoms with Crippen LogP contribution in [0.4, 0.5) is 0 Å². The maximum atomic E-state index is 11.1. The van der Waals surface area contributed by atoms with Crippen molar-refractivity contribution in [2.24, 2.45) is 17.0 Å². The van der Waals surface area contributed by atoms with E-state index in [1.165, 1.54) is 12.8 Å². The molecule has 1 aromatic carbocycles.